The molecule has 0 aliphatic carbocycles. The van der Waals surface area contributed by atoms with Crippen LogP contribution in [0.5, 0.6) is 0 Å². The maximum atomic E-state index is 10.8. The van der Waals surface area contributed by atoms with Crippen molar-refractivity contribution in [3.63, 3.8) is 0 Å². The third-order valence-electron chi connectivity index (χ3n) is 1.15. The van der Waals surface area contributed by atoms with Crippen molar-refractivity contribution in [3.05, 3.63) is 17.7 Å². The SMILES string of the molecule is COC(=O)c1ncc(C(=O)O)nn1. The number of hydrogen-bond donors (Lipinski definition) is 1. The minimum atomic E-state index is -1.25. The third-order valence-corrected chi connectivity index (χ3v) is 1.15. The summed E-state index contributed by atoms with van der Waals surface area (Å²) in [6.07, 6.45) is 0.932. The summed E-state index contributed by atoms with van der Waals surface area (Å²) in [6, 6.07) is 0. The van der Waals surface area contributed by atoms with E-state index in [4.69, 9.17) is 5.11 Å². The Labute approximate surface area is 72.4 Å². The van der Waals surface area contributed by atoms with Gasteiger partial charge in [-0.25, -0.2) is 14.6 Å². The molecule has 7 heteroatoms. The molecule has 0 radical (unpaired) electrons. The summed E-state index contributed by atoms with van der Waals surface area (Å²) in [7, 11) is 1.16. The van der Waals surface area contributed by atoms with Crippen molar-refractivity contribution in [2.24, 2.45) is 0 Å². The van der Waals surface area contributed by atoms with Gasteiger partial charge in [0.15, 0.2) is 5.69 Å². The Morgan fingerprint density at radius 3 is 2.54 bits per heavy atom. The van der Waals surface area contributed by atoms with Crippen molar-refractivity contribution in [1.29, 1.82) is 0 Å². The highest BCUT2D eigenvalue weighted by Gasteiger charge is 2.11. The van der Waals surface area contributed by atoms with Gasteiger partial charge in [0.25, 0.3) is 5.82 Å². The van der Waals surface area contributed by atoms with Crippen molar-refractivity contribution >= 4 is 11.9 Å². The Morgan fingerprint density at radius 1 is 1.46 bits per heavy atom. The lowest BCUT2D eigenvalue weighted by molar-refractivity contribution is 0.0580. The lowest BCUT2D eigenvalue weighted by Crippen LogP contribution is -2.11. The first-order chi connectivity index (χ1) is 6.15. The number of nitrogens with zero attached hydrogens (tertiary/aromatic N) is 3. The number of carboxylic acid groups (broad SMARTS) is 1. The number of carbonyl (C=O) groups excluding carboxylic acids is 1. The number of aromatic nitrogens is 3. The van der Waals surface area contributed by atoms with Crippen LogP contribution in [-0.4, -0.2) is 39.3 Å². The second-order valence-electron chi connectivity index (χ2n) is 1.96. The van der Waals surface area contributed by atoms with Crippen LogP contribution in [0.25, 0.3) is 0 Å². The molecule has 0 spiro atoms. The average molecular weight is 183 g/mol. The summed E-state index contributed by atoms with van der Waals surface area (Å²) >= 11 is 0. The van der Waals surface area contributed by atoms with E-state index < -0.39 is 11.9 Å². The highest BCUT2D eigenvalue weighted by molar-refractivity contribution is 5.86. The zero-order valence-electron chi connectivity index (χ0n) is 6.59. The van der Waals surface area contributed by atoms with E-state index in [2.05, 4.69) is 19.9 Å². The summed E-state index contributed by atoms with van der Waals surface area (Å²) in [5, 5.41) is 14.9. The van der Waals surface area contributed by atoms with Crippen LogP contribution in [0, 0.1) is 0 Å². The molecule has 0 atom stereocenters. The third kappa shape index (κ3) is 1.95. The molecule has 0 fully saturated rings. The number of carboxylic acids is 1. The van der Waals surface area contributed by atoms with Gasteiger partial charge < -0.3 is 9.84 Å². The van der Waals surface area contributed by atoms with Gasteiger partial charge >= 0.3 is 11.9 Å². The van der Waals surface area contributed by atoms with Gasteiger partial charge in [0.05, 0.1) is 13.3 Å². The van der Waals surface area contributed by atoms with Gasteiger partial charge in [-0.15, -0.1) is 10.2 Å². The molecule has 0 aliphatic heterocycles. The smallest absolute Gasteiger partial charge is 0.377 e. The molecule has 1 N–H and O–H groups in total. The molecule has 1 rings (SSSR count). The second-order valence-corrected chi connectivity index (χ2v) is 1.96. The van der Waals surface area contributed by atoms with E-state index >= 15 is 0 Å². The molecule has 0 aromatic carbocycles. The number of ether oxygens (including phenoxy) is 1. The fourth-order valence-corrected chi connectivity index (χ4v) is 0.558. The number of esters is 1. The average Bonchev–Trinajstić information content (AvgIpc) is 2.17. The van der Waals surface area contributed by atoms with Gasteiger partial charge in [0.1, 0.15) is 0 Å². The maximum absolute atomic E-state index is 10.8. The van der Waals surface area contributed by atoms with Crippen molar-refractivity contribution in [3.8, 4) is 0 Å². The van der Waals surface area contributed by atoms with Gasteiger partial charge in [0, 0.05) is 0 Å². The van der Waals surface area contributed by atoms with Crippen LogP contribution in [0.1, 0.15) is 21.1 Å². The molecule has 1 aromatic rings. The Balaban J connectivity index is 2.93. The van der Waals surface area contributed by atoms with E-state index in [1.807, 2.05) is 0 Å². The van der Waals surface area contributed by atoms with Gasteiger partial charge in [0.2, 0.25) is 0 Å². The molecule has 0 unspecified atom stereocenters. The van der Waals surface area contributed by atoms with Crippen LogP contribution in [-0.2, 0) is 4.74 Å². The Kier molecular flexibility index (Phi) is 2.48. The van der Waals surface area contributed by atoms with E-state index in [9.17, 15) is 9.59 Å². The highest BCUT2D eigenvalue weighted by Crippen LogP contribution is 1.92. The topological polar surface area (TPSA) is 102 Å². The predicted molar refractivity (Wildman–Crippen MR) is 38.1 cm³/mol. The lowest BCUT2D eigenvalue weighted by Gasteiger charge is -1.95. The number of methoxy groups -OCH3 is 1. The van der Waals surface area contributed by atoms with Crippen molar-refractivity contribution < 1.29 is 19.4 Å². The van der Waals surface area contributed by atoms with Gasteiger partial charge in [-0.2, -0.15) is 0 Å². The van der Waals surface area contributed by atoms with E-state index in [1.54, 1.807) is 0 Å². The van der Waals surface area contributed by atoms with Crippen LogP contribution >= 0.6 is 0 Å². The zero-order valence-corrected chi connectivity index (χ0v) is 6.59. The van der Waals surface area contributed by atoms with Crippen LogP contribution < -0.4 is 0 Å². The molecule has 7 nitrogen and oxygen atoms in total. The number of aromatic carboxylic acids is 1. The van der Waals surface area contributed by atoms with Crippen LogP contribution in [0.3, 0.4) is 0 Å². The first kappa shape index (κ1) is 9.04. The fraction of sp³-hybridized carbons (Fsp3) is 0.167. The minimum absolute atomic E-state index is 0.271. The molecule has 0 aliphatic rings. The molecule has 0 saturated carbocycles. The van der Waals surface area contributed by atoms with Gasteiger partial charge in [-0.3, -0.25) is 0 Å². The number of rotatable bonds is 2. The maximum Gasteiger partial charge on any atom is 0.377 e. The summed E-state index contributed by atoms with van der Waals surface area (Å²) in [5.74, 6) is -2.28. The molecule has 68 valence electrons. The summed E-state index contributed by atoms with van der Waals surface area (Å²) in [4.78, 5) is 24.5. The fourth-order valence-electron chi connectivity index (χ4n) is 0.558. The molecular formula is C6H5N3O4. The van der Waals surface area contributed by atoms with Crippen molar-refractivity contribution in [2.45, 2.75) is 0 Å². The highest BCUT2D eigenvalue weighted by atomic mass is 16.5. The number of hydrogen-bond acceptors (Lipinski definition) is 6. The van der Waals surface area contributed by atoms with Gasteiger partial charge in [-0.05, 0) is 0 Å². The summed E-state index contributed by atoms with van der Waals surface area (Å²) in [5.41, 5.74) is -0.326. The van der Waals surface area contributed by atoms with Crippen LogP contribution in [0.2, 0.25) is 0 Å². The van der Waals surface area contributed by atoms with Crippen LogP contribution in [0.4, 0.5) is 0 Å². The number of carbonyl (C=O) groups is 2. The van der Waals surface area contributed by atoms with Crippen LogP contribution in [0.15, 0.2) is 6.20 Å². The van der Waals surface area contributed by atoms with Crippen molar-refractivity contribution in [2.75, 3.05) is 7.11 Å². The standard InChI is InChI=1S/C6H5N3O4/c1-13-6(12)4-7-2-3(5(10)11)8-9-4/h2H,1H3,(H,10,11). The van der Waals surface area contributed by atoms with E-state index in [-0.39, 0.29) is 11.5 Å². The lowest BCUT2D eigenvalue weighted by atomic mass is 10.5. The van der Waals surface area contributed by atoms with Crippen molar-refractivity contribution in [1.82, 2.24) is 15.2 Å². The molecule has 0 saturated heterocycles. The Hall–Kier alpha value is -2.05. The molecule has 1 heterocycles. The van der Waals surface area contributed by atoms with E-state index in [0.29, 0.717) is 0 Å². The Morgan fingerprint density at radius 2 is 2.15 bits per heavy atom. The Bertz CT molecular complexity index is 334. The zero-order chi connectivity index (χ0) is 9.84. The molecular weight excluding hydrogens is 178 g/mol. The first-order valence-corrected chi connectivity index (χ1v) is 3.16. The summed E-state index contributed by atoms with van der Waals surface area (Å²) in [6.45, 7) is 0. The minimum Gasteiger partial charge on any atom is -0.476 e. The quantitative estimate of drug-likeness (QED) is 0.608. The van der Waals surface area contributed by atoms with E-state index in [1.165, 1.54) is 0 Å². The molecule has 1 aromatic heterocycles. The molecule has 13 heavy (non-hydrogen) atoms. The second kappa shape index (κ2) is 3.57. The molecule has 0 amide bonds. The molecule has 0 bridgehead atoms. The van der Waals surface area contributed by atoms with E-state index in [0.717, 1.165) is 13.3 Å². The predicted octanol–water partition coefficient (Wildman–Crippen LogP) is -0.644. The first-order valence-electron chi connectivity index (χ1n) is 3.16. The van der Waals surface area contributed by atoms with Gasteiger partial charge in [-0.1, -0.05) is 0 Å². The largest absolute Gasteiger partial charge is 0.476 e. The normalized spacial score (nSPS) is 9.31. The monoisotopic (exact) mass is 183 g/mol. The summed E-state index contributed by atoms with van der Waals surface area (Å²) < 4.78 is 4.29.